The van der Waals surface area contributed by atoms with Gasteiger partial charge in [0.25, 0.3) is 0 Å². The zero-order valence-electron chi connectivity index (χ0n) is 26.0. The summed E-state index contributed by atoms with van der Waals surface area (Å²) < 4.78 is 29.6. The Morgan fingerprint density at radius 1 is 0.462 bits per heavy atom. The van der Waals surface area contributed by atoms with Crippen molar-refractivity contribution in [1.29, 1.82) is 0 Å². The van der Waals surface area contributed by atoms with Crippen molar-refractivity contribution in [2.75, 3.05) is 53.9 Å². The smallest absolute Gasteiger partial charge is 0.122 e. The van der Waals surface area contributed by atoms with Gasteiger partial charge in [-0.1, -0.05) is 13.8 Å². The molecule has 2 aliphatic heterocycles. The van der Waals surface area contributed by atoms with Crippen molar-refractivity contribution in [3.05, 3.63) is 0 Å². The van der Waals surface area contributed by atoms with E-state index in [1.54, 1.807) is 41.5 Å². The molecule has 2 fully saturated rings. The lowest BCUT2D eigenvalue weighted by atomic mass is 9.52. The lowest BCUT2D eigenvalue weighted by Gasteiger charge is -2.68. The maximum atomic E-state index is 11.9. The van der Waals surface area contributed by atoms with Crippen LogP contribution in [0.4, 0.5) is 0 Å². The van der Waals surface area contributed by atoms with E-state index in [-0.39, 0.29) is 26.4 Å². The fraction of sp³-hybridized carbons (Fsp3) is 1.00. The second kappa shape index (κ2) is 10.1. The van der Waals surface area contributed by atoms with Crippen molar-refractivity contribution in [2.45, 2.75) is 114 Å². The summed E-state index contributed by atoms with van der Waals surface area (Å²) in [6.45, 7) is 14.1. The molecule has 0 aromatic carbocycles. The standard InChI is InChI=1S/C28H54O11/c1-19(15-35-11)21(3,13-29)39-24(6,28(10,34)25(19,7)31)18-37-16-20(2)22(4,14-30)38-23(5,17-36-12)27(9,33)26(20,8)32/h29-34H,13-18H2,1-12H3. The van der Waals surface area contributed by atoms with Gasteiger partial charge in [-0.15, -0.1) is 0 Å². The Labute approximate surface area is 233 Å². The molecule has 2 aliphatic rings. The summed E-state index contributed by atoms with van der Waals surface area (Å²) in [5.74, 6) is 0. The summed E-state index contributed by atoms with van der Waals surface area (Å²) in [4.78, 5) is 0. The van der Waals surface area contributed by atoms with Crippen LogP contribution in [-0.2, 0) is 23.7 Å². The summed E-state index contributed by atoms with van der Waals surface area (Å²) in [6.07, 6.45) is 0. The number of methoxy groups -OCH3 is 2. The number of rotatable bonds is 10. The third-order valence-electron chi connectivity index (χ3n) is 11.6. The van der Waals surface area contributed by atoms with Crippen LogP contribution in [0.5, 0.6) is 0 Å². The molecule has 39 heavy (non-hydrogen) atoms. The van der Waals surface area contributed by atoms with E-state index >= 15 is 0 Å². The first-order valence-corrected chi connectivity index (χ1v) is 13.4. The van der Waals surface area contributed by atoms with Crippen molar-refractivity contribution >= 4 is 0 Å². The molecule has 11 nitrogen and oxygen atoms in total. The van der Waals surface area contributed by atoms with Crippen LogP contribution in [0, 0.1) is 10.8 Å². The van der Waals surface area contributed by atoms with E-state index in [1.807, 2.05) is 0 Å². The highest BCUT2D eigenvalue weighted by atomic mass is 16.6. The van der Waals surface area contributed by atoms with Gasteiger partial charge in [0.15, 0.2) is 0 Å². The van der Waals surface area contributed by atoms with E-state index in [2.05, 4.69) is 0 Å². The lowest BCUT2D eigenvalue weighted by Crippen LogP contribution is -2.83. The van der Waals surface area contributed by atoms with E-state index in [9.17, 15) is 30.6 Å². The molecule has 2 saturated heterocycles. The van der Waals surface area contributed by atoms with E-state index < -0.39 is 68.9 Å². The van der Waals surface area contributed by atoms with Gasteiger partial charge in [-0.25, -0.2) is 0 Å². The van der Waals surface area contributed by atoms with Gasteiger partial charge in [-0.05, 0) is 55.4 Å². The molecule has 2 rings (SSSR count). The van der Waals surface area contributed by atoms with E-state index in [4.69, 9.17) is 23.7 Å². The number of aliphatic hydroxyl groups is 6. The first-order valence-electron chi connectivity index (χ1n) is 13.4. The van der Waals surface area contributed by atoms with Crippen LogP contribution in [-0.4, -0.2) is 129 Å². The van der Waals surface area contributed by atoms with Crippen LogP contribution in [0.2, 0.25) is 0 Å². The minimum absolute atomic E-state index is 0.00734. The van der Waals surface area contributed by atoms with Crippen molar-refractivity contribution in [1.82, 2.24) is 0 Å². The summed E-state index contributed by atoms with van der Waals surface area (Å²) in [7, 11) is 2.92. The van der Waals surface area contributed by atoms with Gasteiger partial charge in [-0.3, -0.25) is 0 Å². The average molecular weight is 567 g/mol. The fourth-order valence-corrected chi connectivity index (χ4v) is 6.91. The molecule has 0 aromatic rings. The third-order valence-corrected chi connectivity index (χ3v) is 11.6. The Hall–Kier alpha value is -0.440. The zero-order valence-corrected chi connectivity index (χ0v) is 26.0. The average Bonchev–Trinajstić information content (AvgIpc) is 2.81. The van der Waals surface area contributed by atoms with Crippen LogP contribution in [0.25, 0.3) is 0 Å². The number of aliphatic hydroxyl groups excluding tert-OH is 2. The van der Waals surface area contributed by atoms with Gasteiger partial charge in [0, 0.05) is 14.2 Å². The molecule has 10 unspecified atom stereocenters. The van der Waals surface area contributed by atoms with Crippen molar-refractivity contribution in [3.8, 4) is 0 Å². The summed E-state index contributed by atoms with van der Waals surface area (Å²) >= 11 is 0. The van der Waals surface area contributed by atoms with Crippen LogP contribution >= 0.6 is 0 Å². The van der Waals surface area contributed by atoms with Gasteiger partial charge in [0.05, 0.1) is 61.7 Å². The molecule has 10 atom stereocenters. The molecule has 0 bridgehead atoms. The maximum Gasteiger partial charge on any atom is 0.122 e. The molecular weight excluding hydrogens is 512 g/mol. The Morgan fingerprint density at radius 3 is 1.13 bits per heavy atom. The minimum atomic E-state index is -1.91. The first-order chi connectivity index (χ1) is 17.4. The lowest BCUT2D eigenvalue weighted by molar-refractivity contribution is -0.410. The molecule has 232 valence electrons. The predicted molar refractivity (Wildman–Crippen MR) is 143 cm³/mol. The van der Waals surface area contributed by atoms with Crippen LogP contribution in [0.1, 0.15) is 69.2 Å². The van der Waals surface area contributed by atoms with Crippen molar-refractivity contribution in [3.63, 3.8) is 0 Å². The van der Waals surface area contributed by atoms with Gasteiger partial charge < -0.3 is 54.3 Å². The van der Waals surface area contributed by atoms with Crippen LogP contribution in [0.15, 0.2) is 0 Å². The molecule has 0 aromatic heterocycles. The summed E-state index contributed by atoms with van der Waals surface area (Å²) in [5, 5.41) is 68.1. The molecule has 0 spiro atoms. The van der Waals surface area contributed by atoms with E-state index in [0.29, 0.717) is 0 Å². The SMILES string of the molecule is COCC1(C)OC(C)(CO)C(C)(COCC2(C)OC(C)(CO)C(C)(COC)C(C)(O)C2(C)O)C(C)(O)C1(C)O. The van der Waals surface area contributed by atoms with Crippen molar-refractivity contribution in [2.24, 2.45) is 10.8 Å². The zero-order chi connectivity index (χ0) is 30.8. The molecule has 6 N–H and O–H groups in total. The Balaban J connectivity index is 2.50. The van der Waals surface area contributed by atoms with Gasteiger partial charge >= 0.3 is 0 Å². The summed E-state index contributed by atoms with van der Waals surface area (Å²) in [5.41, 5.74) is -15.7. The normalized spacial score (nSPS) is 54.6. The molecular formula is C28H54O11. The Bertz CT molecular complexity index is 891. The fourth-order valence-electron chi connectivity index (χ4n) is 6.91. The van der Waals surface area contributed by atoms with E-state index in [1.165, 1.54) is 41.9 Å². The van der Waals surface area contributed by atoms with Gasteiger partial charge in [0.2, 0.25) is 0 Å². The number of ether oxygens (including phenoxy) is 5. The second-order valence-corrected chi connectivity index (χ2v) is 13.8. The quantitative estimate of drug-likeness (QED) is 0.216. The highest BCUT2D eigenvalue weighted by Gasteiger charge is 2.75. The summed E-state index contributed by atoms with van der Waals surface area (Å²) in [6, 6.07) is 0. The van der Waals surface area contributed by atoms with Crippen LogP contribution in [0.3, 0.4) is 0 Å². The molecule has 11 heteroatoms. The molecule has 2 heterocycles. The largest absolute Gasteiger partial charge is 0.393 e. The second-order valence-electron chi connectivity index (χ2n) is 13.8. The minimum Gasteiger partial charge on any atom is -0.393 e. The maximum absolute atomic E-state index is 11.9. The van der Waals surface area contributed by atoms with Gasteiger partial charge in [0.1, 0.15) is 33.6 Å². The first kappa shape index (κ1) is 34.8. The third kappa shape index (κ3) is 4.26. The number of hydrogen-bond donors (Lipinski definition) is 6. The molecule has 0 aliphatic carbocycles. The predicted octanol–water partition coefficient (Wildman–Crippen LogP) is 0.392. The van der Waals surface area contributed by atoms with Crippen molar-refractivity contribution < 1.29 is 54.3 Å². The van der Waals surface area contributed by atoms with E-state index in [0.717, 1.165) is 0 Å². The Morgan fingerprint density at radius 2 is 0.795 bits per heavy atom. The topological polar surface area (TPSA) is 168 Å². The monoisotopic (exact) mass is 566 g/mol. The molecule has 0 saturated carbocycles. The van der Waals surface area contributed by atoms with Gasteiger partial charge in [-0.2, -0.15) is 0 Å². The number of hydrogen-bond acceptors (Lipinski definition) is 11. The highest BCUT2D eigenvalue weighted by molar-refractivity contribution is 5.24. The highest BCUT2D eigenvalue weighted by Crippen LogP contribution is 2.60. The Kier molecular flexibility index (Phi) is 8.99. The molecule has 0 radical (unpaired) electrons. The molecule has 0 amide bonds. The van der Waals surface area contributed by atoms with Crippen LogP contribution < -0.4 is 0 Å².